The van der Waals surface area contributed by atoms with Crippen molar-refractivity contribution in [3.8, 4) is 0 Å². The summed E-state index contributed by atoms with van der Waals surface area (Å²) in [5.41, 5.74) is 3.36. The first kappa shape index (κ1) is 21.3. The van der Waals surface area contributed by atoms with Gasteiger partial charge in [0.15, 0.2) is 0 Å². The standard InChI is InChI=1S/C25H19ClN4O2S/c1-32-24(31)23-28-30(21-10-6-3-7-11-21)25(33-23)17-16-22(18-12-14-19(26)15-13-18)27-29(25)20-8-4-2-5-9-20/h2-17H,1H3/t25-/m1/s1. The van der Waals surface area contributed by atoms with Crippen LogP contribution in [0.3, 0.4) is 0 Å². The van der Waals surface area contributed by atoms with Gasteiger partial charge in [-0.25, -0.2) is 14.8 Å². The maximum Gasteiger partial charge on any atom is 0.365 e. The number of benzene rings is 3. The van der Waals surface area contributed by atoms with Gasteiger partial charge >= 0.3 is 5.97 Å². The number of nitrogens with zero attached hydrogens (tertiary/aromatic N) is 4. The van der Waals surface area contributed by atoms with E-state index in [1.54, 1.807) is 5.01 Å². The number of ether oxygens (including phenoxy) is 1. The van der Waals surface area contributed by atoms with Crippen LogP contribution in [0.5, 0.6) is 0 Å². The highest BCUT2D eigenvalue weighted by Gasteiger charge is 2.51. The Morgan fingerprint density at radius 1 is 0.879 bits per heavy atom. The number of carbonyl (C=O) groups excluding carboxylic acids is 1. The molecular weight excluding hydrogens is 456 g/mol. The van der Waals surface area contributed by atoms with Crippen LogP contribution < -0.4 is 10.0 Å². The number of para-hydroxylation sites is 2. The molecule has 5 rings (SSSR count). The number of anilines is 2. The zero-order valence-corrected chi connectivity index (χ0v) is 19.2. The smallest absolute Gasteiger partial charge is 0.365 e. The Morgan fingerprint density at radius 2 is 1.45 bits per heavy atom. The Morgan fingerprint density at radius 3 is 2.03 bits per heavy atom. The summed E-state index contributed by atoms with van der Waals surface area (Å²) < 4.78 is 4.99. The molecule has 0 saturated heterocycles. The van der Waals surface area contributed by atoms with Crippen LogP contribution in [-0.2, 0) is 9.53 Å². The molecule has 0 bridgehead atoms. The number of hydrogen-bond acceptors (Lipinski definition) is 7. The fourth-order valence-corrected chi connectivity index (χ4v) is 4.95. The van der Waals surface area contributed by atoms with Crippen LogP contribution in [0.1, 0.15) is 5.56 Å². The number of carbonyl (C=O) groups is 1. The number of hydrogen-bond donors (Lipinski definition) is 0. The van der Waals surface area contributed by atoms with Crippen LogP contribution in [0.4, 0.5) is 11.4 Å². The van der Waals surface area contributed by atoms with Crippen molar-refractivity contribution in [1.82, 2.24) is 0 Å². The lowest BCUT2D eigenvalue weighted by molar-refractivity contribution is -0.132. The SMILES string of the molecule is COC(=O)C1=NN(c2ccccc2)[C@]2(C=CC(c3ccc(Cl)cc3)=NN2c2ccccc2)S1. The quantitative estimate of drug-likeness (QED) is 0.466. The molecule has 2 heterocycles. The first-order valence-electron chi connectivity index (χ1n) is 10.2. The molecule has 1 spiro atoms. The van der Waals surface area contributed by atoms with Crippen LogP contribution >= 0.6 is 23.4 Å². The molecule has 6 nitrogen and oxygen atoms in total. The van der Waals surface area contributed by atoms with E-state index >= 15 is 0 Å². The van der Waals surface area contributed by atoms with E-state index in [-0.39, 0.29) is 5.04 Å². The minimum absolute atomic E-state index is 0.247. The van der Waals surface area contributed by atoms with E-state index in [9.17, 15) is 4.79 Å². The third-order valence-corrected chi connectivity index (χ3v) is 6.69. The maximum absolute atomic E-state index is 12.5. The summed E-state index contributed by atoms with van der Waals surface area (Å²) in [5.74, 6) is -0.494. The lowest BCUT2D eigenvalue weighted by atomic mass is 10.1. The summed E-state index contributed by atoms with van der Waals surface area (Å²) in [6, 6.07) is 27.0. The number of allylic oxidation sites excluding steroid dienone is 1. The average molecular weight is 475 g/mol. The second-order valence-corrected chi connectivity index (χ2v) is 8.91. The predicted octanol–water partition coefficient (Wildman–Crippen LogP) is 5.51. The Bertz CT molecular complexity index is 1260. The van der Waals surface area contributed by atoms with Crippen LogP contribution in [0.15, 0.2) is 107 Å². The molecule has 0 unspecified atom stereocenters. The molecule has 0 saturated carbocycles. The van der Waals surface area contributed by atoms with Gasteiger partial charge in [0, 0.05) is 10.6 Å². The van der Waals surface area contributed by atoms with Crippen LogP contribution in [0.2, 0.25) is 5.02 Å². The summed E-state index contributed by atoms with van der Waals surface area (Å²) in [4.78, 5) is 11.5. The fourth-order valence-electron chi connectivity index (χ4n) is 3.64. The Kier molecular flexibility index (Phi) is 5.66. The molecule has 0 aliphatic carbocycles. The second-order valence-electron chi connectivity index (χ2n) is 7.28. The van der Waals surface area contributed by atoms with Gasteiger partial charge in [-0.3, -0.25) is 0 Å². The molecule has 2 aliphatic heterocycles. The molecule has 33 heavy (non-hydrogen) atoms. The van der Waals surface area contributed by atoms with Crippen LogP contribution in [0.25, 0.3) is 0 Å². The van der Waals surface area contributed by atoms with Gasteiger partial charge in [0.25, 0.3) is 0 Å². The first-order valence-corrected chi connectivity index (χ1v) is 11.4. The van der Waals surface area contributed by atoms with Gasteiger partial charge in [-0.05, 0) is 60.3 Å². The lowest BCUT2D eigenvalue weighted by Crippen LogP contribution is -2.53. The highest BCUT2D eigenvalue weighted by molar-refractivity contribution is 8.17. The maximum atomic E-state index is 12.5. The van der Waals surface area contributed by atoms with Crippen molar-refractivity contribution >= 4 is 51.5 Å². The zero-order chi connectivity index (χ0) is 22.8. The average Bonchev–Trinajstić information content (AvgIpc) is 3.25. The highest BCUT2D eigenvalue weighted by Crippen LogP contribution is 2.47. The van der Waals surface area contributed by atoms with Crippen molar-refractivity contribution in [2.45, 2.75) is 4.99 Å². The molecule has 0 aromatic heterocycles. The van der Waals surface area contributed by atoms with E-state index in [0.29, 0.717) is 5.02 Å². The van der Waals surface area contributed by atoms with E-state index in [2.05, 4.69) is 5.10 Å². The van der Waals surface area contributed by atoms with Gasteiger partial charge < -0.3 is 4.74 Å². The summed E-state index contributed by atoms with van der Waals surface area (Å²) in [6.45, 7) is 0. The highest BCUT2D eigenvalue weighted by atomic mass is 35.5. The number of methoxy groups -OCH3 is 1. The second kappa shape index (κ2) is 8.77. The van der Waals surface area contributed by atoms with Crippen LogP contribution in [-0.4, -0.2) is 28.8 Å². The van der Waals surface area contributed by atoms with Gasteiger partial charge in [0.2, 0.25) is 10.0 Å². The Labute approximate surface area is 200 Å². The van der Waals surface area contributed by atoms with E-state index < -0.39 is 11.0 Å². The molecule has 0 amide bonds. The number of thioether (sulfide) groups is 1. The van der Waals surface area contributed by atoms with E-state index in [4.69, 9.17) is 21.4 Å². The minimum atomic E-state index is -0.942. The molecule has 0 fully saturated rings. The van der Waals surface area contributed by atoms with E-state index in [1.807, 2.05) is 102 Å². The van der Waals surface area contributed by atoms with Gasteiger partial charge in [-0.2, -0.15) is 10.2 Å². The zero-order valence-electron chi connectivity index (χ0n) is 17.6. The van der Waals surface area contributed by atoms with E-state index in [1.165, 1.54) is 18.9 Å². The van der Waals surface area contributed by atoms with Crippen LogP contribution in [0, 0.1) is 0 Å². The number of halogens is 1. The normalized spacial score (nSPS) is 19.5. The summed E-state index contributed by atoms with van der Waals surface area (Å²) >= 11 is 7.37. The summed E-state index contributed by atoms with van der Waals surface area (Å²) in [7, 11) is 1.35. The monoisotopic (exact) mass is 474 g/mol. The largest absolute Gasteiger partial charge is 0.464 e. The Balaban J connectivity index is 1.66. The lowest BCUT2D eigenvalue weighted by Gasteiger charge is -2.43. The summed E-state index contributed by atoms with van der Waals surface area (Å²) in [6.07, 6.45) is 3.95. The minimum Gasteiger partial charge on any atom is -0.464 e. The van der Waals surface area contributed by atoms with Gasteiger partial charge in [-0.15, -0.1) is 0 Å². The molecule has 0 N–H and O–H groups in total. The van der Waals surface area contributed by atoms with Crippen molar-refractivity contribution in [3.05, 3.63) is 108 Å². The molecule has 0 radical (unpaired) electrons. The van der Waals surface area contributed by atoms with Gasteiger partial charge in [-0.1, -0.05) is 60.1 Å². The molecule has 3 aromatic carbocycles. The van der Waals surface area contributed by atoms with Crippen molar-refractivity contribution in [2.24, 2.45) is 10.2 Å². The number of hydrazone groups is 2. The third kappa shape index (κ3) is 3.90. The van der Waals surface area contributed by atoms with Crippen molar-refractivity contribution in [2.75, 3.05) is 17.1 Å². The summed E-state index contributed by atoms with van der Waals surface area (Å²) in [5, 5.41) is 14.3. The molecule has 164 valence electrons. The fraction of sp³-hybridized carbons (Fsp3) is 0.0800. The van der Waals surface area contributed by atoms with Crippen molar-refractivity contribution < 1.29 is 9.53 Å². The third-order valence-electron chi connectivity index (χ3n) is 5.21. The van der Waals surface area contributed by atoms with Gasteiger partial charge in [0.1, 0.15) is 0 Å². The first-order chi connectivity index (χ1) is 16.1. The van der Waals surface area contributed by atoms with Crippen molar-refractivity contribution in [1.29, 1.82) is 0 Å². The molecule has 1 atom stereocenters. The molecule has 3 aromatic rings. The molecular formula is C25H19ClN4O2S. The number of esters is 1. The molecule has 8 heteroatoms. The predicted molar refractivity (Wildman–Crippen MR) is 135 cm³/mol. The van der Waals surface area contributed by atoms with Crippen molar-refractivity contribution in [3.63, 3.8) is 0 Å². The van der Waals surface area contributed by atoms with E-state index in [0.717, 1.165) is 22.6 Å². The molecule has 2 aliphatic rings. The van der Waals surface area contributed by atoms with Gasteiger partial charge in [0.05, 0.1) is 24.2 Å². The number of rotatable bonds is 4. The Hall–Kier alpha value is -3.55. The topological polar surface area (TPSA) is 57.5 Å².